The molecule has 2 nitrogen and oxygen atoms in total. The number of hydrogen-bond donors (Lipinski definition) is 1. The smallest absolute Gasteiger partial charge is 0.133 e. The summed E-state index contributed by atoms with van der Waals surface area (Å²) in [6, 6.07) is 10.2. The van der Waals surface area contributed by atoms with E-state index in [2.05, 4.69) is 35.9 Å². The molecule has 0 unspecified atom stereocenters. The highest BCUT2D eigenvalue weighted by molar-refractivity contribution is 7.71. The van der Waals surface area contributed by atoms with E-state index >= 15 is 0 Å². The zero-order chi connectivity index (χ0) is 11.5. The van der Waals surface area contributed by atoms with E-state index in [-0.39, 0.29) is 0 Å². The van der Waals surface area contributed by atoms with Gasteiger partial charge in [0.15, 0.2) is 0 Å². The zero-order valence-electron chi connectivity index (χ0n) is 9.40. The van der Waals surface area contributed by atoms with Crippen LogP contribution in [0.1, 0.15) is 25.3 Å². The van der Waals surface area contributed by atoms with Crippen LogP contribution in [0.25, 0.3) is 11.3 Å². The van der Waals surface area contributed by atoms with Crippen LogP contribution in [-0.4, -0.2) is 9.97 Å². The third-order valence-corrected chi connectivity index (χ3v) is 2.86. The lowest BCUT2D eigenvalue weighted by Gasteiger charge is -2.11. The molecule has 0 radical (unpaired) electrons. The Kier molecular flexibility index (Phi) is 3.15. The highest BCUT2D eigenvalue weighted by Gasteiger charge is 2.10. The second-order valence-corrected chi connectivity index (χ2v) is 4.40. The van der Waals surface area contributed by atoms with Crippen LogP contribution in [0.5, 0.6) is 0 Å². The third-order valence-electron chi connectivity index (χ3n) is 2.53. The molecular formula is C13H14N2S. The predicted octanol–water partition coefficient (Wildman–Crippen LogP) is 3.93. The molecule has 0 atom stereocenters. The normalized spacial score (nSPS) is 10.7. The first-order valence-corrected chi connectivity index (χ1v) is 5.74. The number of aromatic nitrogens is 2. The van der Waals surface area contributed by atoms with Crippen molar-refractivity contribution in [3.8, 4) is 11.3 Å². The molecule has 3 heteroatoms. The van der Waals surface area contributed by atoms with Crippen LogP contribution < -0.4 is 0 Å². The van der Waals surface area contributed by atoms with E-state index in [0.29, 0.717) is 10.6 Å². The van der Waals surface area contributed by atoms with Crippen molar-refractivity contribution in [1.29, 1.82) is 0 Å². The van der Waals surface area contributed by atoms with Gasteiger partial charge in [0.05, 0.1) is 12.0 Å². The zero-order valence-corrected chi connectivity index (χ0v) is 10.2. The topological polar surface area (TPSA) is 28.7 Å². The monoisotopic (exact) mass is 230 g/mol. The highest BCUT2D eigenvalue weighted by atomic mass is 32.1. The van der Waals surface area contributed by atoms with Crippen molar-refractivity contribution >= 4 is 12.2 Å². The Hall–Kier alpha value is -1.48. The lowest BCUT2D eigenvalue weighted by molar-refractivity contribution is 0.844. The number of H-pyrrole nitrogens is 1. The summed E-state index contributed by atoms with van der Waals surface area (Å²) in [5, 5.41) is 0. The molecule has 0 spiro atoms. The van der Waals surface area contributed by atoms with Crippen molar-refractivity contribution in [2.24, 2.45) is 0 Å². The van der Waals surface area contributed by atoms with Crippen molar-refractivity contribution < 1.29 is 0 Å². The van der Waals surface area contributed by atoms with E-state index in [1.165, 1.54) is 0 Å². The lowest BCUT2D eigenvalue weighted by atomic mass is 9.99. The molecular weight excluding hydrogens is 216 g/mol. The summed E-state index contributed by atoms with van der Waals surface area (Å²) in [5.41, 5.74) is 3.35. The van der Waals surface area contributed by atoms with Gasteiger partial charge < -0.3 is 4.98 Å². The van der Waals surface area contributed by atoms with Crippen molar-refractivity contribution in [3.05, 3.63) is 46.9 Å². The van der Waals surface area contributed by atoms with Crippen molar-refractivity contribution in [1.82, 2.24) is 9.97 Å². The first-order chi connectivity index (χ1) is 7.70. The maximum atomic E-state index is 5.28. The fourth-order valence-corrected chi connectivity index (χ4v) is 2.18. The van der Waals surface area contributed by atoms with Crippen molar-refractivity contribution in [2.45, 2.75) is 19.8 Å². The summed E-state index contributed by atoms with van der Waals surface area (Å²) in [6.45, 7) is 4.26. The molecule has 0 bridgehead atoms. The first-order valence-electron chi connectivity index (χ1n) is 5.33. The van der Waals surface area contributed by atoms with Crippen LogP contribution in [0, 0.1) is 4.64 Å². The molecule has 0 aliphatic rings. The van der Waals surface area contributed by atoms with Crippen LogP contribution >= 0.6 is 12.2 Å². The molecule has 0 saturated carbocycles. The Bertz CT molecular complexity index is 529. The molecule has 0 amide bonds. The Labute approximate surface area is 100 Å². The van der Waals surface area contributed by atoms with Crippen LogP contribution in [0.4, 0.5) is 0 Å². The molecule has 1 heterocycles. The predicted molar refractivity (Wildman–Crippen MR) is 68.9 cm³/mol. The van der Waals surface area contributed by atoms with E-state index in [4.69, 9.17) is 12.2 Å². The molecule has 82 valence electrons. The maximum Gasteiger partial charge on any atom is 0.133 e. The van der Waals surface area contributed by atoms with Crippen molar-refractivity contribution in [3.63, 3.8) is 0 Å². The van der Waals surface area contributed by atoms with Gasteiger partial charge in [-0.2, -0.15) is 0 Å². The summed E-state index contributed by atoms with van der Waals surface area (Å²) < 4.78 is 0.688. The molecule has 16 heavy (non-hydrogen) atoms. The van der Waals surface area contributed by atoms with Gasteiger partial charge in [-0.05, 0) is 11.5 Å². The summed E-state index contributed by atoms with van der Waals surface area (Å²) in [4.78, 5) is 7.34. The lowest BCUT2D eigenvalue weighted by Crippen LogP contribution is -1.98. The molecule has 0 fully saturated rings. The van der Waals surface area contributed by atoms with Gasteiger partial charge in [0.25, 0.3) is 0 Å². The Morgan fingerprint density at radius 2 is 1.88 bits per heavy atom. The number of aromatic amines is 1. The van der Waals surface area contributed by atoms with Gasteiger partial charge in [-0.1, -0.05) is 56.4 Å². The SMILES string of the molecule is CC(C)c1c(-c2ccccc2)[nH]cnc1=S. The number of nitrogens with one attached hydrogen (secondary N) is 1. The summed E-state index contributed by atoms with van der Waals surface area (Å²) in [7, 11) is 0. The van der Waals surface area contributed by atoms with Gasteiger partial charge in [0.2, 0.25) is 0 Å². The van der Waals surface area contributed by atoms with Crippen LogP contribution in [0.3, 0.4) is 0 Å². The molecule has 1 aromatic heterocycles. The molecule has 0 aliphatic heterocycles. The van der Waals surface area contributed by atoms with Gasteiger partial charge in [-0.15, -0.1) is 0 Å². The number of rotatable bonds is 2. The average molecular weight is 230 g/mol. The maximum absolute atomic E-state index is 5.28. The Balaban J connectivity index is 2.66. The molecule has 1 aromatic carbocycles. The van der Waals surface area contributed by atoms with Crippen LogP contribution in [0.2, 0.25) is 0 Å². The van der Waals surface area contributed by atoms with Gasteiger partial charge in [-0.3, -0.25) is 0 Å². The quantitative estimate of drug-likeness (QED) is 0.792. The number of nitrogens with zero attached hydrogens (tertiary/aromatic N) is 1. The fourth-order valence-electron chi connectivity index (χ4n) is 1.79. The van der Waals surface area contributed by atoms with Crippen LogP contribution in [0.15, 0.2) is 36.7 Å². The number of benzene rings is 1. The molecule has 2 rings (SSSR count). The minimum absolute atomic E-state index is 0.368. The number of hydrogen-bond acceptors (Lipinski definition) is 2. The fraction of sp³-hybridized carbons (Fsp3) is 0.231. The van der Waals surface area contributed by atoms with Gasteiger partial charge in [-0.25, -0.2) is 4.98 Å². The minimum Gasteiger partial charge on any atom is -0.346 e. The largest absolute Gasteiger partial charge is 0.346 e. The second kappa shape index (κ2) is 4.58. The molecule has 2 aromatic rings. The minimum atomic E-state index is 0.368. The Morgan fingerprint density at radius 3 is 2.50 bits per heavy atom. The van der Waals surface area contributed by atoms with Gasteiger partial charge in [0, 0.05) is 5.56 Å². The molecule has 0 saturated heterocycles. The van der Waals surface area contributed by atoms with Gasteiger partial charge >= 0.3 is 0 Å². The second-order valence-electron chi connectivity index (χ2n) is 4.02. The van der Waals surface area contributed by atoms with Gasteiger partial charge in [0.1, 0.15) is 4.64 Å². The molecule has 0 aliphatic carbocycles. The van der Waals surface area contributed by atoms with E-state index in [1.807, 2.05) is 18.2 Å². The highest BCUT2D eigenvalue weighted by Crippen LogP contribution is 2.26. The standard InChI is InChI=1S/C13H14N2S/c1-9(2)11-12(14-8-15-13(11)16)10-6-4-3-5-7-10/h3-9H,1-2H3,(H,14,15,16). The molecule has 1 N–H and O–H groups in total. The van der Waals surface area contributed by atoms with Crippen molar-refractivity contribution in [2.75, 3.05) is 0 Å². The van der Waals surface area contributed by atoms with E-state index in [0.717, 1.165) is 16.8 Å². The van der Waals surface area contributed by atoms with E-state index < -0.39 is 0 Å². The summed E-state index contributed by atoms with van der Waals surface area (Å²) in [6.07, 6.45) is 1.66. The average Bonchev–Trinajstić information content (AvgIpc) is 2.29. The van der Waals surface area contributed by atoms with E-state index in [1.54, 1.807) is 6.33 Å². The van der Waals surface area contributed by atoms with Crippen LogP contribution in [-0.2, 0) is 0 Å². The van der Waals surface area contributed by atoms with E-state index in [9.17, 15) is 0 Å². The summed E-state index contributed by atoms with van der Waals surface area (Å²) in [5.74, 6) is 0.368. The first kappa shape index (κ1) is 11.0. The Morgan fingerprint density at radius 1 is 1.19 bits per heavy atom. The summed E-state index contributed by atoms with van der Waals surface area (Å²) >= 11 is 5.28. The third kappa shape index (κ3) is 2.04.